The molecule has 0 bridgehead atoms. The van der Waals surface area contributed by atoms with Crippen LogP contribution in [0.3, 0.4) is 0 Å². The van der Waals surface area contributed by atoms with E-state index in [0.717, 1.165) is 18.5 Å². The molecule has 0 saturated carbocycles. The van der Waals surface area contributed by atoms with E-state index in [1.807, 2.05) is 22.8 Å². The molecule has 0 aliphatic carbocycles. The van der Waals surface area contributed by atoms with Gasteiger partial charge in [-0.15, -0.1) is 6.58 Å². The zero-order chi connectivity index (χ0) is 16.6. The number of hydrogen-bond donors (Lipinski definition) is 0. The standard InChI is InChI=1S/C18H23N3O2/c1-4-6-20-7-5-18(17(20)23)12-21(11-14(18)3)16(22)15-8-13(2)9-19-10-15/h4,8-10,14H,1,5-7,11-12H2,2-3H3/t14-,18-/m1/s1. The Bertz CT molecular complexity index is 657. The number of carbonyl (C=O) groups excluding carboxylic acids is 2. The third kappa shape index (κ3) is 2.54. The topological polar surface area (TPSA) is 53.5 Å². The van der Waals surface area contributed by atoms with Crippen LogP contribution in [0.1, 0.15) is 29.3 Å². The highest BCUT2D eigenvalue weighted by atomic mass is 16.2. The summed E-state index contributed by atoms with van der Waals surface area (Å²) in [6.07, 6.45) is 5.92. The lowest BCUT2D eigenvalue weighted by molar-refractivity contribution is -0.136. The second-order valence-corrected chi connectivity index (χ2v) is 6.78. The number of rotatable bonds is 3. The zero-order valence-corrected chi connectivity index (χ0v) is 13.8. The molecule has 2 saturated heterocycles. The Balaban J connectivity index is 1.80. The van der Waals surface area contributed by atoms with Gasteiger partial charge in [0.05, 0.1) is 11.0 Å². The molecule has 0 N–H and O–H groups in total. The maximum absolute atomic E-state index is 12.8. The molecule has 0 unspecified atom stereocenters. The summed E-state index contributed by atoms with van der Waals surface area (Å²) in [4.78, 5) is 33.3. The molecular formula is C18H23N3O2. The van der Waals surface area contributed by atoms with E-state index in [2.05, 4.69) is 18.5 Å². The van der Waals surface area contributed by atoms with Crippen molar-refractivity contribution in [2.45, 2.75) is 20.3 Å². The molecule has 5 heteroatoms. The van der Waals surface area contributed by atoms with Crippen molar-refractivity contribution < 1.29 is 9.59 Å². The normalized spacial score (nSPS) is 27.0. The second kappa shape index (κ2) is 5.80. The summed E-state index contributed by atoms with van der Waals surface area (Å²) in [5.74, 6) is 0.314. The van der Waals surface area contributed by atoms with Gasteiger partial charge in [-0.2, -0.15) is 0 Å². The Morgan fingerprint density at radius 2 is 2.30 bits per heavy atom. The van der Waals surface area contributed by atoms with Gasteiger partial charge in [-0.3, -0.25) is 14.6 Å². The van der Waals surface area contributed by atoms with Crippen LogP contribution in [-0.2, 0) is 4.79 Å². The van der Waals surface area contributed by atoms with Crippen LogP contribution in [0.5, 0.6) is 0 Å². The van der Waals surface area contributed by atoms with Crippen LogP contribution in [-0.4, -0.2) is 52.8 Å². The fourth-order valence-electron chi connectivity index (χ4n) is 3.87. The van der Waals surface area contributed by atoms with Gasteiger partial charge in [0.2, 0.25) is 5.91 Å². The summed E-state index contributed by atoms with van der Waals surface area (Å²) < 4.78 is 0. The van der Waals surface area contributed by atoms with Crippen LogP contribution in [0, 0.1) is 18.3 Å². The third-order valence-electron chi connectivity index (χ3n) is 5.21. The number of pyridine rings is 1. The van der Waals surface area contributed by atoms with Crippen molar-refractivity contribution in [3.8, 4) is 0 Å². The van der Waals surface area contributed by atoms with E-state index < -0.39 is 5.41 Å². The summed E-state index contributed by atoms with van der Waals surface area (Å²) in [5.41, 5.74) is 1.14. The van der Waals surface area contributed by atoms with Crippen LogP contribution in [0.25, 0.3) is 0 Å². The molecule has 122 valence electrons. The first kappa shape index (κ1) is 15.7. The van der Waals surface area contributed by atoms with Crippen LogP contribution < -0.4 is 0 Å². The highest BCUT2D eigenvalue weighted by Gasteiger charge is 2.55. The number of aryl methyl sites for hydroxylation is 1. The fraction of sp³-hybridized carbons (Fsp3) is 0.500. The molecule has 1 aromatic rings. The number of hydrogen-bond acceptors (Lipinski definition) is 3. The van der Waals surface area contributed by atoms with Crippen molar-refractivity contribution in [1.29, 1.82) is 0 Å². The molecule has 0 aromatic carbocycles. The summed E-state index contributed by atoms with van der Waals surface area (Å²) in [6, 6.07) is 1.85. The summed E-state index contributed by atoms with van der Waals surface area (Å²) in [5, 5.41) is 0. The maximum Gasteiger partial charge on any atom is 0.255 e. The van der Waals surface area contributed by atoms with E-state index in [1.165, 1.54) is 0 Å². The van der Waals surface area contributed by atoms with Gasteiger partial charge < -0.3 is 9.80 Å². The van der Waals surface area contributed by atoms with Gasteiger partial charge in [-0.1, -0.05) is 13.0 Å². The molecule has 1 aromatic heterocycles. The van der Waals surface area contributed by atoms with Crippen molar-refractivity contribution in [3.05, 3.63) is 42.2 Å². The van der Waals surface area contributed by atoms with E-state index >= 15 is 0 Å². The predicted molar refractivity (Wildman–Crippen MR) is 87.9 cm³/mol. The average Bonchev–Trinajstić information content (AvgIpc) is 3.03. The first-order valence-corrected chi connectivity index (χ1v) is 8.09. The van der Waals surface area contributed by atoms with Gasteiger partial charge in [0.25, 0.3) is 5.91 Å². The Hall–Kier alpha value is -2.17. The smallest absolute Gasteiger partial charge is 0.255 e. The summed E-state index contributed by atoms with van der Waals surface area (Å²) in [6.45, 7) is 10.2. The molecule has 2 atom stereocenters. The first-order chi connectivity index (χ1) is 11.0. The van der Waals surface area contributed by atoms with E-state index in [-0.39, 0.29) is 17.7 Å². The lowest BCUT2D eigenvalue weighted by Crippen LogP contribution is -2.40. The van der Waals surface area contributed by atoms with Gasteiger partial charge in [-0.05, 0) is 30.9 Å². The molecule has 2 aliphatic rings. The Kier molecular flexibility index (Phi) is 3.96. The van der Waals surface area contributed by atoms with Gasteiger partial charge in [0.1, 0.15) is 0 Å². The van der Waals surface area contributed by atoms with Crippen molar-refractivity contribution in [2.24, 2.45) is 11.3 Å². The first-order valence-electron chi connectivity index (χ1n) is 8.09. The minimum Gasteiger partial charge on any atom is -0.338 e. The molecule has 23 heavy (non-hydrogen) atoms. The van der Waals surface area contributed by atoms with Crippen LogP contribution in [0.2, 0.25) is 0 Å². The Morgan fingerprint density at radius 3 is 3.00 bits per heavy atom. The van der Waals surface area contributed by atoms with E-state index in [4.69, 9.17) is 0 Å². The SMILES string of the molecule is C=CCN1CC[C@]2(CN(C(=O)c3cncc(C)c3)C[C@H]2C)C1=O. The van der Waals surface area contributed by atoms with Crippen molar-refractivity contribution >= 4 is 11.8 Å². The highest BCUT2D eigenvalue weighted by Crippen LogP contribution is 2.44. The van der Waals surface area contributed by atoms with E-state index in [1.54, 1.807) is 18.5 Å². The minimum atomic E-state index is -0.421. The van der Waals surface area contributed by atoms with Gasteiger partial charge >= 0.3 is 0 Å². The molecule has 3 rings (SSSR count). The quantitative estimate of drug-likeness (QED) is 0.801. The zero-order valence-electron chi connectivity index (χ0n) is 13.8. The molecular weight excluding hydrogens is 290 g/mol. The maximum atomic E-state index is 12.8. The average molecular weight is 313 g/mol. The van der Waals surface area contributed by atoms with Crippen molar-refractivity contribution in [2.75, 3.05) is 26.2 Å². The van der Waals surface area contributed by atoms with Gasteiger partial charge in [-0.25, -0.2) is 0 Å². The molecule has 1 spiro atoms. The largest absolute Gasteiger partial charge is 0.338 e. The fourth-order valence-corrected chi connectivity index (χ4v) is 3.87. The molecule has 2 fully saturated rings. The minimum absolute atomic E-state index is 0.0279. The van der Waals surface area contributed by atoms with E-state index in [0.29, 0.717) is 25.2 Å². The van der Waals surface area contributed by atoms with Crippen LogP contribution in [0.4, 0.5) is 0 Å². The molecule has 5 nitrogen and oxygen atoms in total. The monoisotopic (exact) mass is 313 g/mol. The van der Waals surface area contributed by atoms with Gasteiger partial charge in [0.15, 0.2) is 0 Å². The Morgan fingerprint density at radius 1 is 1.52 bits per heavy atom. The number of likely N-dealkylation sites (tertiary alicyclic amines) is 2. The summed E-state index contributed by atoms with van der Waals surface area (Å²) in [7, 11) is 0. The van der Waals surface area contributed by atoms with Crippen LogP contribution in [0.15, 0.2) is 31.1 Å². The Labute approximate surface area is 137 Å². The predicted octanol–water partition coefficient (Wildman–Crippen LogP) is 1.89. The lowest BCUT2D eigenvalue weighted by atomic mass is 9.78. The highest BCUT2D eigenvalue weighted by molar-refractivity contribution is 5.95. The lowest BCUT2D eigenvalue weighted by Gasteiger charge is -2.26. The number of nitrogens with zero attached hydrogens (tertiary/aromatic N) is 3. The number of amides is 2. The molecule has 3 heterocycles. The van der Waals surface area contributed by atoms with E-state index in [9.17, 15) is 9.59 Å². The third-order valence-corrected chi connectivity index (χ3v) is 5.21. The second-order valence-electron chi connectivity index (χ2n) is 6.78. The molecule has 2 amide bonds. The van der Waals surface area contributed by atoms with Crippen molar-refractivity contribution in [3.63, 3.8) is 0 Å². The molecule has 0 radical (unpaired) electrons. The van der Waals surface area contributed by atoms with Crippen molar-refractivity contribution in [1.82, 2.24) is 14.8 Å². The molecule has 2 aliphatic heterocycles. The summed E-state index contributed by atoms with van der Waals surface area (Å²) >= 11 is 0. The van der Waals surface area contributed by atoms with Gasteiger partial charge in [0, 0.05) is 38.6 Å². The number of aromatic nitrogens is 1. The van der Waals surface area contributed by atoms with Crippen LogP contribution >= 0.6 is 0 Å². The number of carbonyl (C=O) groups is 2.